The van der Waals surface area contributed by atoms with Crippen molar-refractivity contribution in [2.24, 2.45) is 0 Å². The summed E-state index contributed by atoms with van der Waals surface area (Å²) in [7, 11) is 0. The number of hydrogen-bond donors (Lipinski definition) is 0. The van der Waals surface area contributed by atoms with E-state index in [2.05, 4.69) is 61.2 Å². The lowest BCUT2D eigenvalue weighted by molar-refractivity contribution is 0.867. The van der Waals surface area contributed by atoms with Gasteiger partial charge >= 0.3 is 0 Å². The molecule has 0 aliphatic carbocycles. The lowest BCUT2D eigenvalue weighted by atomic mass is 10.1. The number of rotatable bonds is 4. The maximum absolute atomic E-state index is 4.79. The zero-order valence-corrected chi connectivity index (χ0v) is 12.7. The number of aromatic nitrogens is 1. The number of nitrogens with zero attached hydrogens (tertiary/aromatic N) is 2. The van der Waals surface area contributed by atoms with Gasteiger partial charge in [-0.3, -0.25) is 0 Å². The van der Waals surface area contributed by atoms with Crippen LogP contribution >= 0.6 is 11.3 Å². The SMILES string of the molecule is CCN(CC)c1ccccc1-c1nc2ccccc2s1. The Hall–Kier alpha value is -1.87. The maximum atomic E-state index is 4.79. The molecule has 3 heteroatoms. The fourth-order valence-corrected chi connectivity index (χ4v) is 3.48. The van der Waals surface area contributed by atoms with E-state index in [1.165, 1.54) is 16.0 Å². The second-order valence-electron chi connectivity index (χ2n) is 4.68. The van der Waals surface area contributed by atoms with Gasteiger partial charge in [0.25, 0.3) is 0 Å². The number of anilines is 1. The maximum Gasteiger partial charge on any atom is 0.126 e. The first-order valence-electron chi connectivity index (χ1n) is 7.03. The van der Waals surface area contributed by atoms with Gasteiger partial charge in [0.2, 0.25) is 0 Å². The highest BCUT2D eigenvalue weighted by atomic mass is 32.1. The Balaban J connectivity index is 2.13. The smallest absolute Gasteiger partial charge is 0.126 e. The zero-order chi connectivity index (χ0) is 13.9. The molecule has 2 nitrogen and oxygen atoms in total. The van der Waals surface area contributed by atoms with Crippen LogP contribution in [0, 0.1) is 0 Å². The van der Waals surface area contributed by atoms with Crippen LogP contribution in [0.2, 0.25) is 0 Å². The van der Waals surface area contributed by atoms with Gasteiger partial charge in [0.05, 0.1) is 10.2 Å². The number of thiazole rings is 1. The molecule has 1 aromatic heterocycles. The van der Waals surface area contributed by atoms with E-state index in [1.807, 2.05) is 6.07 Å². The average molecular weight is 282 g/mol. The van der Waals surface area contributed by atoms with Crippen LogP contribution in [0.3, 0.4) is 0 Å². The first-order chi connectivity index (χ1) is 9.83. The molecule has 0 N–H and O–H groups in total. The summed E-state index contributed by atoms with van der Waals surface area (Å²) in [6.45, 7) is 6.41. The molecule has 1 heterocycles. The normalized spacial score (nSPS) is 10.9. The molecule has 0 radical (unpaired) electrons. The van der Waals surface area contributed by atoms with Crippen LogP contribution in [-0.2, 0) is 0 Å². The lowest BCUT2D eigenvalue weighted by Crippen LogP contribution is -2.22. The summed E-state index contributed by atoms with van der Waals surface area (Å²) < 4.78 is 1.25. The number of benzene rings is 2. The van der Waals surface area contributed by atoms with Crippen LogP contribution in [0.5, 0.6) is 0 Å². The van der Waals surface area contributed by atoms with E-state index in [1.54, 1.807) is 11.3 Å². The van der Waals surface area contributed by atoms with Crippen molar-refractivity contribution in [1.29, 1.82) is 0 Å². The van der Waals surface area contributed by atoms with Crippen molar-refractivity contribution in [3.8, 4) is 10.6 Å². The van der Waals surface area contributed by atoms with Crippen LogP contribution in [-0.4, -0.2) is 18.1 Å². The predicted octanol–water partition coefficient (Wildman–Crippen LogP) is 4.81. The quantitative estimate of drug-likeness (QED) is 0.682. The minimum Gasteiger partial charge on any atom is -0.372 e. The van der Waals surface area contributed by atoms with Crippen LogP contribution < -0.4 is 4.90 Å². The van der Waals surface area contributed by atoms with Gasteiger partial charge in [-0.2, -0.15) is 0 Å². The molecular formula is C17H18N2S. The van der Waals surface area contributed by atoms with Gasteiger partial charge in [0.1, 0.15) is 5.01 Å². The van der Waals surface area contributed by atoms with Gasteiger partial charge in [0.15, 0.2) is 0 Å². The van der Waals surface area contributed by atoms with Crippen molar-refractivity contribution in [3.63, 3.8) is 0 Å². The number of fused-ring (bicyclic) bond motifs is 1. The molecule has 0 aliphatic rings. The highest BCUT2D eigenvalue weighted by molar-refractivity contribution is 7.21. The molecule has 0 amide bonds. The Kier molecular flexibility index (Phi) is 3.70. The third kappa shape index (κ3) is 2.29. The minimum absolute atomic E-state index is 1.01. The molecule has 3 aromatic rings. The summed E-state index contributed by atoms with van der Waals surface area (Å²) in [4.78, 5) is 7.16. The molecule has 0 fully saturated rings. The van der Waals surface area contributed by atoms with Gasteiger partial charge in [-0.25, -0.2) is 4.98 Å². The second-order valence-corrected chi connectivity index (χ2v) is 5.71. The summed E-state index contributed by atoms with van der Waals surface area (Å²) in [5.74, 6) is 0. The third-order valence-corrected chi connectivity index (χ3v) is 4.60. The van der Waals surface area contributed by atoms with Crippen molar-refractivity contribution in [1.82, 2.24) is 4.98 Å². The Bertz CT molecular complexity index is 681. The molecule has 0 spiro atoms. The Labute approximate surface area is 123 Å². The zero-order valence-electron chi connectivity index (χ0n) is 11.8. The lowest BCUT2D eigenvalue weighted by Gasteiger charge is -2.23. The van der Waals surface area contributed by atoms with E-state index in [9.17, 15) is 0 Å². The van der Waals surface area contributed by atoms with E-state index in [0.717, 1.165) is 23.6 Å². The fraction of sp³-hybridized carbons (Fsp3) is 0.235. The third-order valence-electron chi connectivity index (χ3n) is 3.53. The largest absolute Gasteiger partial charge is 0.372 e. The van der Waals surface area contributed by atoms with E-state index < -0.39 is 0 Å². The van der Waals surface area contributed by atoms with E-state index in [4.69, 9.17) is 4.98 Å². The van der Waals surface area contributed by atoms with Crippen LogP contribution in [0.25, 0.3) is 20.8 Å². The molecule has 3 rings (SSSR count). The fourth-order valence-electron chi connectivity index (χ4n) is 2.48. The Morgan fingerprint density at radius 3 is 2.40 bits per heavy atom. The summed E-state index contributed by atoms with van der Waals surface area (Å²) in [5, 5.41) is 1.11. The van der Waals surface area contributed by atoms with Crippen molar-refractivity contribution in [2.75, 3.05) is 18.0 Å². The molecule has 2 aromatic carbocycles. The standard InChI is InChI=1S/C17H18N2S/c1-3-19(4-2)15-11-7-5-9-13(15)17-18-14-10-6-8-12-16(14)20-17/h5-12H,3-4H2,1-2H3. The van der Waals surface area contributed by atoms with Gasteiger partial charge < -0.3 is 4.90 Å². The summed E-state index contributed by atoms with van der Waals surface area (Å²) in [6, 6.07) is 16.9. The predicted molar refractivity (Wildman–Crippen MR) is 88.6 cm³/mol. The molecule has 0 bridgehead atoms. The summed E-state index contributed by atoms with van der Waals surface area (Å²) in [5.41, 5.74) is 3.59. The minimum atomic E-state index is 1.01. The molecule has 0 atom stereocenters. The van der Waals surface area contributed by atoms with Gasteiger partial charge in [-0.05, 0) is 38.1 Å². The monoisotopic (exact) mass is 282 g/mol. The van der Waals surface area contributed by atoms with Gasteiger partial charge in [-0.15, -0.1) is 11.3 Å². The molecule has 0 aliphatic heterocycles. The average Bonchev–Trinajstić information content (AvgIpc) is 2.93. The van der Waals surface area contributed by atoms with E-state index in [0.29, 0.717) is 0 Å². The molecule has 20 heavy (non-hydrogen) atoms. The Morgan fingerprint density at radius 1 is 0.950 bits per heavy atom. The molecule has 0 saturated carbocycles. The van der Waals surface area contributed by atoms with E-state index in [-0.39, 0.29) is 0 Å². The Morgan fingerprint density at radius 2 is 1.65 bits per heavy atom. The highest BCUT2D eigenvalue weighted by Crippen LogP contribution is 2.35. The van der Waals surface area contributed by atoms with Crippen molar-refractivity contribution >= 4 is 27.2 Å². The van der Waals surface area contributed by atoms with E-state index >= 15 is 0 Å². The van der Waals surface area contributed by atoms with Crippen LogP contribution in [0.4, 0.5) is 5.69 Å². The number of hydrogen-bond acceptors (Lipinski definition) is 3. The molecular weight excluding hydrogens is 264 g/mol. The molecule has 0 unspecified atom stereocenters. The van der Waals surface area contributed by atoms with Crippen LogP contribution in [0.1, 0.15) is 13.8 Å². The van der Waals surface area contributed by atoms with Gasteiger partial charge in [-0.1, -0.05) is 24.3 Å². The van der Waals surface area contributed by atoms with Crippen molar-refractivity contribution in [3.05, 3.63) is 48.5 Å². The first kappa shape index (κ1) is 13.1. The van der Waals surface area contributed by atoms with Crippen molar-refractivity contribution in [2.45, 2.75) is 13.8 Å². The van der Waals surface area contributed by atoms with Crippen molar-refractivity contribution < 1.29 is 0 Å². The van der Waals surface area contributed by atoms with Gasteiger partial charge in [0, 0.05) is 24.3 Å². The number of para-hydroxylation sites is 2. The first-order valence-corrected chi connectivity index (χ1v) is 7.85. The summed E-state index contributed by atoms with van der Waals surface area (Å²) in [6.07, 6.45) is 0. The van der Waals surface area contributed by atoms with Crippen LogP contribution in [0.15, 0.2) is 48.5 Å². The summed E-state index contributed by atoms with van der Waals surface area (Å²) >= 11 is 1.77. The highest BCUT2D eigenvalue weighted by Gasteiger charge is 2.13. The topological polar surface area (TPSA) is 16.1 Å². The molecule has 0 saturated heterocycles. The second kappa shape index (κ2) is 5.63. The molecule has 102 valence electrons.